The van der Waals surface area contributed by atoms with Crippen LogP contribution in [0.2, 0.25) is 5.02 Å². The zero-order valence-electron chi connectivity index (χ0n) is 12.7. The Hall–Kier alpha value is -2.32. The minimum Gasteiger partial charge on any atom is -0.492 e. The largest absolute Gasteiger partial charge is 0.492 e. The van der Waals surface area contributed by atoms with Crippen LogP contribution in [-0.2, 0) is 0 Å². The van der Waals surface area contributed by atoms with Crippen molar-refractivity contribution in [2.45, 2.75) is 0 Å². The summed E-state index contributed by atoms with van der Waals surface area (Å²) in [6.07, 6.45) is 3.30. The third kappa shape index (κ3) is 3.44. The average Bonchev–Trinajstić information content (AvgIpc) is 2.53. The summed E-state index contributed by atoms with van der Waals surface area (Å²) >= 11 is 7.21. The van der Waals surface area contributed by atoms with Crippen LogP contribution in [0.4, 0.5) is 10.2 Å². The minimum absolute atomic E-state index is 0.0640. The summed E-state index contributed by atoms with van der Waals surface area (Å²) < 4.78 is 19.4. The second-order valence-electron chi connectivity index (χ2n) is 4.48. The van der Waals surface area contributed by atoms with E-state index in [1.807, 2.05) is 0 Å². The highest BCUT2D eigenvalue weighted by Gasteiger charge is 2.21. The van der Waals surface area contributed by atoms with Crippen LogP contribution < -0.4 is 10.5 Å². The molecular weight excluding hydrogens is 357 g/mol. The molecule has 0 amide bonds. The maximum Gasteiger partial charge on any atom is 0.355 e. The van der Waals surface area contributed by atoms with Gasteiger partial charge in [-0.05, 0) is 29.9 Å². The summed E-state index contributed by atoms with van der Waals surface area (Å²) in [5.74, 6) is -2.52. The van der Waals surface area contributed by atoms with Gasteiger partial charge < -0.3 is 15.6 Å². The summed E-state index contributed by atoms with van der Waals surface area (Å²) in [5, 5.41) is 11.1. The lowest BCUT2D eigenvalue weighted by Crippen LogP contribution is -2.10. The number of nitrogen functional groups attached to an aromatic ring is 1. The molecule has 0 saturated carbocycles. The monoisotopic (exact) mass is 369 g/mol. The van der Waals surface area contributed by atoms with Crippen LogP contribution in [0.15, 0.2) is 17.5 Å². The molecule has 0 radical (unpaired) electrons. The van der Waals surface area contributed by atoms with Gasteiger partial charge in [0, 0.05) is 0 Å². The van der Waals surface area contributed by atoms with Crippen LogP contribution in [0.25, 0.3) is 17.5 Å². The highest BCUT2D eigenvalue weighted by molar-refractivity contribution is 8.01. The van der Waals surface area contributed by atoms with Crippen molar-refractivity contribution in [2.24, 2.45) is 0 Å². The Morgan fingerprint density at radius 2 is 2.17 bits per heavy atom. The first-order valence-electron chi connectivity index (χ1n) is 6.53. The molecule has 0 saturated heterocycles. The highest BCUT2D eigenvalue weighted by atomic mass is 35.5. The van der Waals surface area contributed by atoms with E-state index in [9.17, 15) is 14.3 Å². The molecule has 2 aromatic rings. The fourth-order valence-electron chi connectivity index (χ4n) is 1.96. The Kier molecular flexibility index (Phi) is 5.63. The lowest BCUT2D eigenvalue weighted by Gasteiger charge is -2.11. The van der Waals surface area contributed by atoms with E-state index in [1.165, 1.54) is 37.1 Å². The van der Waals surface area contributed by atoms with E-state index in [-0.39, 0.29) is 39.2 Å². The Morgan fingerprint density at radius 3 is 2.75 bits per heavy atom. The number of hydrogen-bond acceptors (Lipinski definition) is 6. The van der Waals surface area contributed by atoms with Crippen LogP contribution in [0.5, 0.6) is 5.75 Å². The number of carbonyl (C=O) groups is 1. The van der Waals surface area contributed by atoms with Gasteiger partial charge in [0.2, 0.25) is 0 Å². The first kappa shape index (κ1) is 18.0. The number of carboxylic acids is 1. The number of nitrogens with zero attached hydrogens (tertiary/aromatic N) is 2. The van der Waals surface area contributed by atoms with Gasteiger partial charge in [0.15, 0.2) is 23.1 Å². The molecule has 0 aliphatic heterocycles. The molecule has 9 heteroatoms. The fourth-order valence-corrected chi connectivity index (χ4v) is 2.46. The molecular formula is C15H13ClFN3O3S. The van der Waals surface area contributed by atoms with E-state index < -0.39 is 11.8 Å². The van der Waals surface area contributed by atoms with E-state index in [1.54, 1.807) is 11.7 Å². The van der Waals surface area contributed by atoms with Crippen molar-refractivity contribution in [3.05, 3.63) is 39.6 Å². The molecule has 0 unspecified atom stereocenters. The van der Waals surface area contributed by atoms with Gasteiger partial charge in [-0.1, -0.05) is 11.6 Å². The number of ether oxygens (including phenoxy) is 1. The van der Waals surface area contributed by atoms with Crippen LogP contribution in [-0.4, -0.2) is 34.4 Å². The molecule has 1 heterocycles. The zero-order chi connectivity index (χ0) is 17.9. The number of nitrogens with two attached hydrogens (primary N) is 1. The molecule has 3 N–H and O–H groups in total. The Morgan fingerprint density at radius 1 is 1.46 bits per heavy atom. The first-order valence-corrected chi connectivity index (χ1v) is 8.19. The summed E-state index contributed by atoms with van der Waals surface area (Å²) in [5.41, 5.74) is 5.60. The molecule has 1 aromatic heterocycles. The molecule has 0 aliphatic carbocycles. The number of rotatable bonds is 5. The smallest absolute Gasteiger partial charge is 0.355 e. The lowest BCUT2D eigenvalue weighted by molar-refractivity contribution is 0.0690. The number of hydrogen-bond donors (Lipinski definition) is 2. The Labute approximate surface area is 146 Å². The second kappa shape index (κ2) is 7.50. The van der Waals surface area contributed by atoms with Gasteiger partial charge in [-0.2, -0.15) is 0 Å². The number of carboxylic acid groups (broad SMARTS) is 1. The normalized spacial score (nSPS) is 11.0. The molecule has 0 bridgehead atoms. The van der Waals surface area contributed by atoms with Gasteiger partial charge in [0.05, 0.1) is 23.3 Å². The number of aromatic nitrogens is 2. The van der Waals surface area contributed by atoms with Gasteiger partial charge in [-0.25, -0.2) is 19.2 Å². The Bertz CT molecular complexity index is 830. The number of methoxy groups -OCH3 is 1. The summed E-state index contributed by atoms with van der Waals surface area (Å²) in [4.78, 5) is 19.4. The number of benzene rings is 1. The van der Waals surface area contributed by atoms with Gasteiger partial charge in [-0.3, -0.25) is 0 Å². The van der Waals surface area contributed by atoms with E-state index in [0.29, 0.717) is 0 Å². The predicted octanol–water partition coefficient (Wildman–Crippen LogP) is 3.56. The molecule has 1 aromatic carbocycles. The zero-order valence-corrected chi connectivity index (χ0v) is 14.3. The minimum atomic E-state index is -1.30. The molecule has 6 nitrogen and oxygen atoms in total. The molecule has 0 atom stereocenters. The molecule has 0 spiro atoms. The average molecular weight is 370 g/mol. The third-order valence-electron chi connectivity index (χ3n) is 3.04. The van der Waals surface area contributed by atoms with E-state index in [2.05, 4.69) is 9.97 Å². The second-order valence-corrected chi connectivity index (χ2v) is 5.63. The predicted molar refractivity (Wildman–Crippen MR) is 92.9 cm³/mol. The van der Waals surface area contributed by atoms with Crippen LogP contribution in [0.1, 0.15) is 16.1 Å². The highest BCUT2D eigenvalue weighted by Crippen LogP contribution is 2.34. The van der Waals surface area contributed by atoms with Crippen molar-refractivity contribution in [2.75, 3.05) is 19.1 Å². The Balaban J connectivity index is 2.69. The van der Waals surface area contributed by atoms with Crippen molar-refractivity contribution < 1.29 is 19.0 Å². The molecule has 0 aliphatic rings. The SMILES string of the molecule is COc1c(Cl)ccc(-c2nc(N)c(C=CSC)c(C(=O)O)n2)c1F. The lowest BCUT2D eigenvalue weighted by atomic mass is 10.1. The number of anilines is 1. The van der Waals surface area contributed by atoms with Gasteiger partial charge in [0.25, 0.3) is 0 Å². The fraction of sp³-hybridized carbons (Fsp3) is 0.133. The van der Waals surface area contributed by atoms with E-state index in [0.717, 1.165) is 0 Å². The molecule has 24 heavy (non-hydrogen) atoms. The summed E-state index contributed by atoms with van der Waals surface area (Å²) in [6.45, 7) is 0. The first-order chi connectivity index (χ1) is 11.4. The van der Waals surface area contributed by atoms with Crippen molar-refractivity contribution in [3.63, 3.8) is 0 Å². The van der Waals surface area contributed by atoms with Crippen LogP contribution >= 0.6 is 23.4 Å². The maximum atomic E-state index is 14.5. The van der Waals surface area contributed by atoms with Gasteiger partial charge >= 0.3 is 5.97 Å². The number of aromatic carboxylic acids is 1. The van der Waals surface area contributed by atoms with Crippen molar-refractivity contribution in [1.29, 1.82) is 0 Å². The summed E-state index contributed by atoms with van der Waals surface area (Å²) in [6, 6.07) is 2.73. The molecule has 0 fully saturated rings. The topological polar surface area (TPSA) is 98.3 Å². The van der Waals surface area contributed by atoms with E-state index in [4.69, 9.17) is 22.1 Å². The molecule has 126 valence electrons. The van der Waals surface area contributed by atoms with Crippen LogP contribution in [0.3, 0.4) is 0 Å². The van der Waals surface area contributed by atoms with Gasteiger partial charge in [0.1, 0.15) is 5.82 Å². The third-order valence-corrected chi connectivity index (χ3v) is 3.75. The van der Waals surface area contributed by atoms with E-state index >= 15 is 0 Å². The standard InChI is InChI=1S/C15H13ClFN3O3S/c1-23-12-9(16)4-3-7(10(12)17)14-19-11(15(21)22)8(5-6-24-2)13(18)20-14/h3-6H,1-2H3,(H,21,22)(H2,18,19,20). The van der Waals surface area contributed by atoms with Crippen molar-refractivity contribution >= 4 is 41.2 Å². The maximum absolute atomic E-state index is 14.5. The van der Waals surface area contributed by atoms with Crippen molar-refractivity contribution in [3.8, 4) is 17.1 Å². The molecule has 2 rings (SSSR count). The quantitative estimate of drug-likeness (QED) is 0.831. The van der Waals surface area contributed by atoms with Gasteiger partial charge in [-0.15, -0.1) is 11.8 Å². The number of halogens is 2. The summed E-state index contributed by atoms with van der Waals surface area (Å²) in [7, 11) is 1.27. The number of thioether (sulfide) groups is 1. The van der Waals surface area contributed by atoms with Crippen LogP contribution in [0, 0.1) is 5.82 Å². The van der Waals surface area contributed by atoms with Crippen molar-refractivity contribution in [1.82, 2.24) is 9.97 Å².